The summed E-state index contributed by atoms with van der Waals surface area (Å²) in [5.74, 6) is 2.05. The fourth-order valence-electron chi connectivity index (χ4n) is 8.23. The van der Waals surface area contributed by atoms with Gasteiger partial charge in [-0.1, -0.05) is 78.9 Å². The van der Waals surface area contributed by atoms with Crippen molar-refractivity contribution in [1.82, 2.24) is 0 Å². The highest BCUT2D eigenvalue weighted by Crippen LogP contribution is 2.49. The normalized spacial score (nSPS) is 15.7. The summed E-state index contributed by atoms with van der Waals surface area (Å²) in [6, 6.07) is 53.0. The van der Waals surface area contributed by atoms with Crippen LogP contribution in [0.5, 0.6) is 5.75 Å². The first-order chi connectivity index (χ1) is 23.3. The maximum Gasteiger partial charge on any atom is 0.252 e. The highest BCUT2D eigenvalue weighted by molar-refractivity contribution is 7.00. The van der Waals surface area contributed by atoms with Gasteiger partial charge in [-0.25, -0.2) is 0 Å². The molecule has 224 valence electrons. The van der Waals surface area contributed by atoms with Crippen molar-refractivity contribution in [2.24, 2.45) is 0 Å². The Labute approximate surface area is 275 Å². The topological polar surface area (TPSA) is 19.0 Å². The Morgan fingerprint density at radius 2 is 1.04 bits per heavy atom. The molecule has 0 unspecified atom stereocenters. The fourth-order valence-corrected chi connectivity index (χ4v) is 8.23. The van der Waals surface area contributed by atoms with Gasteiger partial charge in [-0.2, -0.15) is 0 Å². The quantitative estimate of drug-likeness (QED) is 0.187. The van der Waals surface area contributed by atoms with E-state index in [4.69, 9.17) is 4.74 Å². The molecule has 0 spiro atoms. The van der Waals surface area contributed by atoms with E-state index >= 15 is 0 Å². The maximum absolute atomic E-state index is 6.50. The van der Waals surface area contributed by atoms with Gasteiger partial charge >= 0.3 is 0 Å². The van der Waals surface area contributed by atoms with Crippen molar-refractivity contribution in [1.29, 1.82) is 0 Å². The average Bonchev–Trinajstić information content (AvgIpc) is 3.14. The first-order valence-corrected chi connectivity index (χ1v) is 16.7. The molecule has 0 radical (unpaired) electrons. The van der Waals surface area contributed by atoms with Crippen molar-refractivity contribution in [3.05, 3.63) is 157 Å². The molecule has 10 rings (SSSR count). The zero-order valence-electron chi connectivity index (χ0n) is 26.0. The van der Waals surface area contributed by atoms with E-state index in [2.05, 4.69) is 160 Å². The van der Waals surface area contributed by atoms with Gasteiger partial charge in [-0.05, 0) is 102 Å². The molecule has 0 saturated carbocycles. The number of benzene rings is 6. The summed E-state index contributed by atoms with van der Waals surface area (Å²) in [6.45, 7) is 0.0998. The number of fused-ring (bicyclic) bond motifs is 5. The molecule has 0 amide bonds. The molecule has 4 aliphatic rings. The zero-order chi connectivity index (χ0) is 30.9. The number of rotatable bonds is 3. The van der Waals surface area contributed by atoms with Crippen LogP contribution in [0.15, 0.2) is 157 Å². The van der Waals surface area contributed by atoms with E-state index in [1.54, 1.807) is 0 Å². The van der Waals surface area contributed by atoms with Crippen molar-refractivity contribution in [2.75, 3.05) is 14.7 Å². The summed E-state index contributed by atoms with van der Waals surface area (Å²) in [6.07, 6.45) is 4.34. The van der Waals surface area contributed by atoms with Crippen LogP contribution in [-0.4, -0.2) is 6.71 Å². The monoisotopic (exact) mass is 605 g/mol. The largest absolute Gasteiger partial charge is 0.458 e. The van der Waals surface area contributed by atoms with E-state index in [1.807, 2.05) is 0 Å². The van der Waals surface area contributed by atoms with Crippen LogP contribution in [-0.2, 0) is 0 Å². The molecule has 0 aromatic heterocycles. The minimum atomic E-state index is 0.0998. The lowest BCUT2D eigenvalue weighted by Gasteiger charge is -2.44. The third kappa shape index (κ3) is 3.96. The lowest BCUT2D eigenvalue weighted by Crippen LogP contribution is -2.61. The van der Waals surface area contributed by atoms with E-state index in [0.29, 0.717) is 0 Å². The second-order valence-corrected chi connectivity index (χ2v) is 12.8. The standard InChI is InChI=1S/C42H32BN3O/c1-3-14-29(15-4-1)44-34-19-8-7-18-32(34)43-33-27-26-31(46-35-20-9-11-24-40(35)47-41-25-12-10-21-36(41)46)28-39(33)45(30-16-5-2-6-17-30)38-23-13-22-37(44)42(38)43/h1-9,11,13-20,22-24,26-28H,10,12,21,25H2. The average molecular weight is 606 g/mol. The van der Waals surface area contributed by atoms with Gasteiger partial charge in [-0.3, -0.25) is 0 Å². The predicted octanol–water partition coefficient (Wildman–Crippen LogP) is 9.09. The van der Waals surface area contributed by atoms with Gasteiger partial charge in [0.15, 0.2) is 5.75 Å². The van der Waals surface area contributed by atoms with Gasteiger partial charge in [0.05, 0.1) is 11.4 Å². The summed E-state index contributed by atoms with van der Waals surface area (Å²) >= 11 is 0. The number of hydrogen-bond donors (Lipinski definition) is 0. The van der Waals surface area contributed by atoms with Crippen molar-refractivity contribution in [3.8, 4) is 5.75 Å². The fraction of sp³-hybridized carbons (Fsp3) is 0.0952. The molecule has 5 heteroatoms. The van der Waals surface area contributed by atoms with Gasteiger partial charge in [0.1, 0.15) is 5.76 Å². The molecule has 0 N–H and O–H groups in total. The molecule has 6 aromatic carbocycles. The molecule has 6 aromatic rings. The molecule has 0 atom stereocenters. The van der Waals surface area contributed by atoms with Gasteiger partial charge < -0.3 is 19.4 Å². The van der Waals surface area contributed by atoms with Gasteiger partial charge in [-0.15, -0.1) is 0 Å². The molecule has 0 fully saturated rings. The zero-order valence-corrected chi connectivity index (χ0v) is 26.0. The van der Waals surface area contributed by atoms with E-state index in [-0.39, 0.29) is 6.71 Å². The van der Waals surface area contributed by atoms with Crippen LogP contribution in [0, 0.1) is 0 Å². The molecule has 1 aliphatic carbocycles. The summed E-state index contributed by atoms with van der Waals surface area (Å²) in [7, 11) is 0. The first kappa shape index (κ1) is 26.5. The van der Waals surface area contributed by atoms with Crippen LogP contribution in [0.1, 0.15) is 25.7 Å². The Bertz CT molecular complexity index is 2210. The molecule has 47 heavy (non-hydrogen) atoms. The highest BCUT2D eigenvalue weighted by atomic mass is 16.5. The Kier molecular flexibility index (Phi) is 5.89. The summed E-state index contributed by atoms with van der Waals surface area (Å²) in [5.41, 5.74) is 14.8. The second-order valence-electron chi connectivity index (χ2n) is 12.8. The van der Waals surface area contributed by atoms with Crippen LogP contribution in [0.25, 0.3) is 0 Å². The molecular weight excluding hydrogens is 573 g/mol. The first-order valence-electron chi connectivity index (χ1n) is 16.7. The molecule has 3 heterocycles. The minimum absolute atomic E-state index is 0.0998. The van der Waals surface area contributed by atoms with Gasteiger partial charge in [0.2, 0.25) is 0 Å². The highest BCUT2D eigenvalue weighted by Gasteiger charge is 2.43. The molecular formula is C42H32BN3O. The Hall–Kier alpha value is -5.68. The van der Waals surface area contributed by atoms with E-state index in [0.717, 1.165) is 35.7 Å². The lowest BCUT2D eigenvalue weighted by atomic mass is 9.33. The van der Waals surface area contributed by atoms with Crippen LogP contribution in [0.4, 0.5) is 45.5 Å². The molecule has 0 saturated heterocycles. The van der Waals surface area contributed by atoms with Crippen molar-refractivity contribution in [2.45, 2.75) is 25.7 Å². The van der Waals surface area contributed by atoms with E-state index in [9.17, 15) is 0 Å². The third-order valence-corrected chi connectivity index (χ3v) is 10.2. The maximum atomic E-state index is 6.50. The number of ether oxygens (including phenoxy) is 1. The summed E-state index contributed by atoms with van der Waals surface area (Å²) in [5, 5.41) is 0. The van der Waals surface area contributed by atoms with Crippen LogP contribution < -0.4 is 35.8 Å². The summed E-state index contributed by atoms with van der Waals surface area (Å²) < 4.78 is 6.50. The number of para-hydroxylation sites is 5. The van der Waals surface area contributed by atoms with Crippen molar-refractivity contribution in [3.63, 3.8) is 0 Å². The number of nitrogens with zero attached hydrogens (tertiary/aromatic N) is 3. The lowest BCUT2D eigenvalue weighted by molar-refractivity contribution is 0.363. The van der Waals surface area contributed by atoms with Crippen molar-refractivity contribution < 1.29 is 4.74 Å². The van der Waals surface area contributed by atoms with Crippen LogP contribution in [0.3, 0.4) is 0 Å². The van der Waals surface area contributed by atoms with E-state index in [1.165, 1.54) is 69.1 Å². The molecule has 0 bridgehead atoms. The minimum Gasteiger partial charge on any atom is -0.458 e. The molecule has 4 nitrogen and oxygen atoms in total. The molecule has 3 aliphatic heterocycles. The van der Waals surface area contributed by atoms with Gasteiger partial charge in [0, 0.05) is 46.2 Å². The summed E-state index contributed by atoms with van der Waals surface area (Å²) in [4.78, 5) is 7.39. The number of anilines is 8. The Morgan fingerprint density at radius 3 is 1.81 bits per heavy atom. The van der Waals surface area contributed by atoms with E-state index < -0.39 is 0 Å². The number of hydrogen-bond acceptors (Lipinski definition) is 4. The SMILES string of the molecule is c1ccc(N2c3ccccc3B3c4ccc(N5C6=C(CCCC6)Oc6ccccc65)cc4N(c4ccccc4)c4cccc2c43)cc1. The third-order valence-electron chi connectivity index (χ3n) is 10.2. The number of allylic oxidation sites excluding steroid dienone is 2. The smallest absolute Gasteiger partial charge is 0.252 e. The van der Waals surface area contributed by atoms with Crippen molar-refractivity contribution >= 4 is 68.6 Å². The second kappa shape index (κ2) is 10.4. The Morgan fingerprint density at radius 1 is 0.447 bits per heavy atom. The predicted molar refractivity (Wildman–Crippen MR) is 195 cm³/mol. The van der Waals surface area contributed by atoms with Gasteiger partial charge in [0.25, 0.3) is 6.71 Å². The Balaban J connectivity index is 1.24. The van der Waals surface area contributed by atoms with Crippen LogP contribution >= 0.6 is 0 Å². The van der Waals surface area contributed by atoms with Crippen LogP contribution in [0.2, 0.25) is 0 Å².